The van der Waals surface area contributed by atoms with Crippen molar-refractivity contribution in [3.8, 4) is 0 Å². The van der Waals surface area contributed by atoms with E-state index in [-0.39, 0.29) is 0 Å². The van der Waals surface area contributed by atoms with Crippen LogP contribution in [0.3, 0.4) is 0 Å². The lowest BCUT2D eigenvalue weighted by molar-refractivity contribution is 0.296. The first kappa shape index (κ1) is 15.5. The van der Waals surface area contributed by atoms with Crippen molar-refractivity contribution in [1.29, 1.82) is 0 Å². The maximum atomic E-state index is 3.65. The minimum atomic E-state index is 0.638. The van der Waals surface area contributed by atoms with Gasteiger partial charge in [0.1, 0.15) is 0 Å². The van der Waals surface area contributed by atoms with Gasteiger partial charge in [0.2, 0.25) is 0 Å². The zero-order chi connectivity index (χ0) is 14.2. The molecule has 2 rings (SSSR count). The molecule has 0 aliphatic carbocycles. The number of piperidine rings is 1. The zero-order valence-electron chi connectivity index (χ0n) is 13.0. The van der Waals surface area contributed by atoms with E-state index < -0.39 is 0 Å². The van der Waals surface area contributed by atoms with E-state index in [0.29, 0.717) is 6.04 Å². The highest BCUT2D eigenvalue weighted by atomic mass is 15.1. The fourth-order valence-corrected chi connectivity index (χ4v) is 2.76. The van der Waals surface area contributed by atoms with Gasteiger partial charge in [-0.15, -0.1) is 0 Å². The molecule has 1 fully saturated rings. The van der Waals surface area contributed by atoms with E-state index in [1.54, 1.807) is 0 Å². The molecule has 1 heterocycles. The number of nitrogens with zero attached hydrogens (tertiary/aromatic N) is 1. The Hall–Kier alpha value is -0.900. The first-order valence-electron chi connectivity index (χ1n) is 8.06. The van der Waals surface area contributed by atoms with Crippen molar-refractivity contribution in [2.45, 2.75) is 45.8 Å². The van der Waals surface area contributed by atoms with E-state index in [2.05, 4.69) is 53.6 Å². The molecule has 2 N–H and O–H groups in total. The number of rotatable bonds is 7. The number of hydrogen-bond acceptors (Lipinski definition) is 3. The fourth-order valence-electron chi connectivity index (χ4n) is 2.76. The van der Waals surface area contributed by atoms with Gasteiger partial charge in [0.15, 0.2) is 0 Å². The van der Waals surface area contributed by atoms with Gasteiger partial charge in [0.25, 0.3) is 0 Å². The molecule has 0 amide bonds. The van der Waals surface area contributed by atoms with E-state index in [4.69, 9.17) is 0 Å². The summed E-state index contributed by atoms with van der Waals surface area (Å²) in [6.45, 7) is 11.0. The van der Waals surface area contributed by atoms with Crippen LogP contribution in [0.25, 0.3) is 0 Å². The van der Waals surface area contributed by atoms with Crippen LogP contribution < -0.4 is 10.6 Å². The lowest BCUT2D eigenvalue weighted by Crippen LogP contribution is -2.42. The van der Waals surface area contributed by atoms with Gasteiger partial charge < -0.3 is 10.6 Å². The molecule has 0 saturated carbocycles. The van der Waals surface area contributed by atoms with Crippen LogP contribution in [-0.2, 0) is 13.1 Å². The van der Waals surface area contributed by atoms with Gasteiger partial charge in [0, 0.05) is 25.7 Å². The highest BCUT2D eigenvalue weighted by molar-refractivity contribution is 5.22. The smallest absolute Gasteiger partial charge is 0.0233 e. The summed E-state index contributed by atoms with van der Waals surface area (Å²) in [6.07, 6.45) is 2.59. The molecule has 1 saturated heterocycles. The van der Waals surface area contributed by atoms with Crippen molar-refractivity contribution in [2.24, 2.45) is 0 Å². The second-order valence-electron chi connectivity index (χ2n) is 5.70. The predicted octanol–water partition coefficient (Wildman–Crippen LogP) is 2.37. The van der Waals surface area contributed by atoms with E-state index in [1.807, 2.05) is 0 Å². The van der Waals surface area contributed by atoms with Crippen LogP contribution in [0.5, 0.6) is 0 Å². The van der Waals surface area contributed by atoms with Gasteiger partial charge >= 0.3 is 0 Å². The van der Waals surface area contributed by atoms with Gasteiger partial charge in [0.05, 0.1) is 0 Å². The minimum Gasteiger partial charge on any atom is -0.315 e. The van der Waals surface area contributed by atoms with Crippen LogP contribution in [0.4, 0.5) is 0 Å². The number of nitrogens with one attached hydrogen (secondary N) is 2. The Kier molecular flexibility index (Phi) is 6.51. The molecule has 3 nitrogen and oxygen atoms in total. The van der Waals surface area contributed by atoms with E-state index >= 15 is 0 Å². The fraction of sp³-hybridized carbons (Fsp3) is 0.647. The number of hydrogen-bond donors (Lipinski definition) is 2. The molecule has 1 aliphatic rings. The summed E-state index contributed by atoms with van der Waals surface area (Å²) in [4.78, 5) is 2.45. The molecule has 1 unspecified atom stereocenters. The van der Waals surface area contributed by atoms with E-state index in [0.717, 1.165) is 32.7 Å². The Morgan fingerprint density at radius 2 is 1.85 bits per heavy atom. The van der Waals surface area contributed by atoms with Crippen molar-refractivity contribution in [3.05, 3.63) is 35.4 Å². The van der Waals surface area contributed by atoms with Crippen LogP contribution >= 0.6 is 0 Å². The third-order valence-electron chi connectivity index (χ3n) is 4.22. The third kappa shape index (κ3) is 4.89. The Morgan fingerprint density at radius 3 is 2.45 bits per heavy atom. The molecule has 0 spiro atoms. The molecular formula is C17H29N3. The average Bonchev–Trinajstić information content (AvgIpc) is 2.53. The van der Waals surface area contributed by atoms with Gasteiger partial charge in [-0.3, -0.25) is 4.90 Å². The molecule has 3 heteroatoms. The van der Waals surface area contributed by atoms with Crippen molar-refractivity contribution in [2.75, 3.05) is 26.2 Å². The van der Waals surface area contributed by atoms with Crippen molar-refractivity contribution in [3.63, 3.8) is 0 Å². The lowest BCUT2D eigenvalue weighted by Gasteiger charge is -2.24. The second kappa shape index (κ2) is 8.40. The molecule has 1 aromatic carbocycles. The second-order valence-corrected chi connectivity index (χ2v) is 5.70. The van der Waals surface area contributed by atoms with Crippen LogP contribution in [0.15, 0.2) is 24.3 Å². The zero-order valence-corrected chi connectivity index (χ0v) is 13.0. The molecule has 1 atom stereocenters. The highest BCUT2D eigenvalue weighted by Gasteiger charge is 2.11. The molecule has 20 heavy (non-hydrogen) atoms. The van der Waals surface area contributed by atoms with Crippen LogP contribution in [0, 0.1) is 0 Å². The Balaban J connectivity index is 1.78. The molecule has 112 valence electrons. The van der Waals surface area contributed by atoms with Crippen LogP contribution in [0.2, 0.25) is 0 Å². The summed E-state index contributed by atoms with van der Waals surface area (Å²) in [5.74, 6) is 0. The first-order valence-corrected chi connectivity index (χ1v) is 8.06. The summed E-state index contributed by atoms with van der Waals surface area (Å²) in [7, 11) is 0. The van der Waals surface area contributed by atoms with Crippen molar-refractivity contribution >= 4 is 0 Å². The molecule has 1 aliphatic heterocycles. The average molecular weight is 275 g/mol. The molecule has 0 aromatic heterocycles. The summed E-state index contributed by atoms with van der Waals surface area (Å²) in [5, 5.41) is 7.09. The largest absolute Gasteiger partial charge is 0.315 e. The van der Waals surface area contributed by atoms with Crippen LogP contribution in [-0.4, -0.2) is 37.1 Å². The first-order chi connectivity index (χ1) is 9.81. The SMILES string of the molecule is CCN(CC)Cc1ccc(CNC2CCCNC2)cc1. The van der Waals surface area contributed by atoms with Gasteiger partial charge in [-0.2, -0.15) is 0 Å². The van der Waals surface area contributed by atoms with Gasteiger partial charge in [-0.25, -0.2) is 0 Å². The van der Waals surface area contributed by atoms with Crippen molar-refractivity contribution in [1.82, 2.24) is 15.5 Å². The van der Waals surface area contributed by atoms with Gasteiger partial charge in [-0.05, 0) is 43.6 Å². The van der Waals surface area contributed by atoms with E-state index in [9.17, 15) is 0 Å². The standard InChI is InChI=1S/C17H29N3/c1-3-20(4-2)14-16-9-7-15(8-10-16)12-19-17-6-5-11-18-13-17/h7-10,17-19H,3-6,11-14H2,1-2H3. The van der Waals surface area contributed by atoms with E-state index in [1.165, 1.54) is 30.5 Å². The summed E-state index contributed by atoms with van der Waals surface area (Å²) in [6, 6.07) is 9.71. The quantitative estimate of drug-likeness (QED) is 0.800. The van der Waals surface area contributed by atoms with Gasteiger partial charge in [-0.1, -0.05) is 38.1 Å². The molecule has 1 aromatic rings. The van der Waals surface area contributed by atoms with Crippen LogP contribution in [0.1, 0.15) is 37.8 Å². The van der Waals surface area contributed by atoms with Crippen molar-refractivity contribution < 1.29 is 0 Å². The highest BCUT2D eigenvalue weighted by Crippen LogP contribution is 2.09. The Labute approximate surface area is 123 Å². The summed E-state index contributed by atoms with van der Waals surface area (Å²) in [5.41, 5.74) is 2.80. The topological polar surface area (TPSA) is 27.3 Å². The Bertz CT molecular complexity index is 364. The third-order valence-corrected chi connectivity index (χ3v) is 4.22. The maximum absolute atomic E-state index is 3.65. The number of benzene rings is 1. The Morgan fingerprint density at radius 1 is 1.15 bits per heavy atom. The summed E-state index contributed by atoms with van der Waals surface area (Å²) >= 11 is 0. The lowest BCUT2D eigenvalue weighted by atomic mass is 10.1. The molecule has 0 radical (unpaired) electrons. The maximum Gasteiger partial charge on any atom is 0.0233 e. The predicted molar refractivity (Wildman–Crippen MR) is 85.8 cm³/mol. The minimum absolute atomic E-state index is 0.638. The molecule has 0 bridgehead atoms. The molecular weight excluding hydrogens is 246 g/mol. The normalized spacial score (nSPS) is 19.4. The summed E-state index contributed by atoms with van der Waals surface area (Å²) < 4.78 is 0. The monoisotopic (exact) mass is 275 g/mol.